The van der Waals surface area contributed by atoms with Gasteiger partial charge in [-0.3, -0.25) is 4.79 Å². The number of hydrogen-bond acceptors (Lipinski definition) is 4. The van der Waals surface area contributed by atoms with E-state index in [9.17, 15) is 13.2 Å². The van der Waals surface area contributed by atoms with Gasteiger partial charge in [0.15, 0.2) is 0 Å². The van der Waals surface area contributed by atoms with Gasteiger partial charge in [-0.15, -0.1) is 0 Å². The molecular formula is C24H23Cl2N3O3S. The topological polar surface area (TPSA) is 78.8 Å². The number of carbonyl (C=O) groups excluding carboxylic acids is 1. The van der Waals surface area contributed by atoms with Crippen LogP contribution in [0.1, 0.15) is 22.3 Å². The highest BCUT2D eigenvalue weighted by molar-refractivity contribution is 7.89. The molecule has 0 saturated heterocycles. The van der Waals surface area contributed by atoms with Gasteiger partial charge in [-0.2, -0.15) is 9.41 Å². The van der Waals surface area contributed by atoms with Crippen molar-refractivity contribution >= 4 is 45.3 Å². The van der Waals surface area contributed by atoms with Gasteiger partial charge in [0.1, 0.15) is 0 Å². The van der Waals surface area contributed by atoms with E-state index >= 15 is 0 Å². The normalized spacial score (nSPS) is 11.8. The lowest BCUT2D eigenvalue weighted by Gasteiger charge is -2.22. The first-order valence-electron chi connectivity index (χ1n) is 10.0. The van der Waals surface area contributed by atoms with Crippen molar-refractivity contribution in [1.82, 2.24) is 9.73 Å². The summed E-state index contributed by atoms with van der Waals surface area (Å²) in [6.07, 6.45) is 1.37. The smallest absolute Gasteiger partial charge is 0.255 e. The molecule has 33 heavy (non-hydrogen) atoms. The molecule has 172 valence electrons. The first-order valence-corrected chi connectivity index (χ1v) is 12.2. The van der Waals surface area contributed by atoms with Crippen molar-refractivity contribution in [3.05, 3.63) is 99.0 Å². The minimum atomic E-state index is -3.93. The molecule has 0 atom stereocenters. The lowest BCUT2D eigenvalue weighted by molar-refractivity contribution is -0.121. The Hall–Kier alpha value is -2.71. The Kier molecular flexibility index (Phi) is 8.26. The summed E-state index contributed by atoms with van der Waals surface area (Å²) in [7, 11) is -3.93. The van der Waals surface area contributed by atoms with E-state index in [1.54, 1.807) is 30.3 Å². The van der Waals surface area contributed by atoms with Crippen LogP contribution in [-0.2, 0) is 21.4 Å². The van der Waals surface area contributed by atoms with Crippen LogP contribution in [0, 0.1) is 13.8 Å². The molecule has 3 aromatic carbocycles. The summed E-state index contributed by atoms with van der Waals surface area (Å²) in [4.78, 5) is 12.7. The van der Waals surface area contributed by atoms with Crippen molar-refractivity contribution in [3.8, 4) is 0 Å². The third kappa shape index (κ3) is 6.88. The Balaban J connectivity index is 1.80. The van der Waals surface area contributed by atoms with E-state index in [1.165, 1.54) is 18.3 Å². The maximum Gasteiger partial charge on any atom is 0.255 e. The lowest BCUT2D eigenvalue weighted by atomic mass is 10.1. The van der Waals surface area contributed by atoms with Crippen molar-refractivity contribution in [2.75, 3.05) is 6.54 Å². The van der Waals surface area contributed by atoms with Crippen molar-refractivity contribution in [2.24, 2.45) is 5.10 Å². The van der Waals surface area contributed by atoms with Gasteiger partial charge < -0.3 is 0 Å². The lowest BCUT2D eigenvalue weighted by Crippen LogP contribution is -2.39. The molecule has 1 N–H and O–H groups in total. The van der Waals surface area contributed by atoms with Gasteiger partial charge >= 0.3 is 0 Å². The SMILES string of the molecule is Cc1ccc(S(=O)(=O)N(CC(=O)N/N=C\c2ccc(Cl)cc2Cl)Cc2cccc(C)c2)cc1. The van der Waals surface area contributed by atoms with Crippen LogP contribution in [0.4, 0.5) is 0 Å². The standard InChI is InChI=1S/C24H23Cl2N3O3S/c1-17-6-10-22(11-7-17)33(31,32)29(15-19-5-3-4-18(2)12-19)16-24(30)28-27-14-20-8-9-21(25)13-23(20)26/h3-14H,15-16H2,1-2H3,(H,28,30)/b27-14-. The van der Waals surface area contributed by atoms with Crippen LogP contribution in [0.3, 0.4) is 0 Å². The van der Waals surface area contributed by atoms with E-state index in [0.29, 0.717) is 15.6 Å². The Morgan fingerprint density at radius 2 is 1.73 bits per heavy atom. The highest BCUT2D eigenvalue weighted by Gasteiger charge is 2.27. The summed E-state index contributed by atoms with van der Waals surface area (Å²) in [5.41, 5.74) is 5.63. The minimum absolute atomic E-state index is 0.0397. The van der Waals surface area contributed by atoms with E-state index in [0.717, 1.165) is 21.0 Å². The summed E-state index contributed by atoms with van der Waals surface area (Å²) in [6, 6.07) is 18.9. The van der Waals surface area contributed by atoms with Crippen LogP contribution in [0.25, 0.3) is 0 Å². The van der Waals surface area contributed by atoms with Crippen molar-refractivity contribution in [3.63, 3.8) is 0 Å². The first-order chi connectivity index (χ1) is 15.6. The van der Waals surface area contributed by atoms with E-state index in [4.69, 9.17) is 23.2 Å². The second-order valence-corrected chi connectivity index (χ2v) is 10.3. The van der Waals surface area contributed by atoms with E-state index in [-0.39, 0.29) is 11.4 Å². The van der Waals surface area contributed by atoms with E-state index in [1.807, 2.05) is 38.1 Å². The number of nitrogens with one attached hydrogen (secondary N) is 1. The molecule has 0 saturated carbocycles. The number of amides is 1. The quantitative estimate of drug-likeness (QED) is 0.348. The Morgan fingerprint density at radius 1 is 1.00 bits per heavy atom. The number of benzene rings is 3. The third-order valence-corrected chi connectivity index (χ3v) is 7.14. The van der Waals surface area contributed by atoms with Crippen molar-refractivity contribution in [1.29, 1.82) is 0 Å². The predicted molar refractivity (Wildman–Crippen MR) is 132 cm³/mol. The van der Waals surface area contributed by atoms with Crippen LogP contribution >= 0.6 is 23.2 Å². The second-order valence-electron chi connectivity index (χ2n) is 7.53. The van der Waals surface area contributed by atoms with Crippen LogP contribution in [0.15, 0.2) is 76.7 Å². The van der Waals surface area contributed by atoms with Crippen molar-refractivity contribution < 1.29 is 13.2 Å². The maximum absolute atomic E-state index is 13.3. The number of rotatable bonds is 8. The highest BCUT2D eigenvalue weighted by atomic mass is 35.5. The second kappa shape index (κ2) is 10.9. The molecule has 6 nitrogen and oxygen atoms in total. The summed E-state index contributed by atoms with van der Waals surface area (Å²) in [6.45, 7) is 3.43. The number of halogens is 2. The molecule has 3 aromatic rings. The number of aryl methyl sites for hydroxylation is 2. The van der Waals surface area contributed by atoms with Gasteiger partial charge in [0, 0.05) is 17.1 Å². The molecule has 0 aromatic heterocycles. The Labute approximate surface area is 203 Å². The molecule has 3 rings (SSSR count). The first kappa shape index (κ1) is 24.9. The maximum atomic E-state index is 13.3. The fraction of sp³-hybridized carbons (Fsp3) is 0.167. The van der Waals surface area contributed by atoms with E-state index < -0.39 is 22.5 Å². The number of sulfonamides is 1. The molecule has 9 heteroatoms. The summed E-state index contributed by atoms with van der Waals surface area (Å²) in [5.74, 6) is -0.584. The summed E-state index contributed by atoms with van der Waals surface area (Å²) >= 11 is 12.0. The fourth-order valence-electron chi connectivity index (χ4n) is 3.07. The zero-order chi connectivity index (χ0) is 24.0. The monoisotopic (exact) mass is 503 g/mol. The molecule has 1 amide bonds. The summed E-state index contributed by atoms with van der Waals surface area (Å²) < 4.78 is 27.8. The predicted octanol–water partition coefficient (Wildman–Crippen LogP) is 4.95. The van der Waals surface area contributed by atoms with Crippen LogP contribution < -0.4 is 5.43 Å². The fourth-order valence-corrected chi connectivity index (χ4v) is 4.92. The number of hydrazone groups is 1. The molecule has 0 aliphatic rings. The van der Waals surface area contributed by atoms with Gasteiger partial charge in [0.05, 0.1) is 22.7 Å². The van der Waals surface area contributed by atoms with Gasteiger partial charge in [0.2, 0.25) is 10.0 Å². The van der Waals surface area contributed by atoms with Gasteiger partial charge in [-0.25, -0.2) is 13.8 Å². The Morgan fingerprint density at radius 3 is 2.39 bits per heavy atom. The molecule has 0 heterocycles. The average molecular weight is 504 g/mol. The minimum Gasteiger partial charge on any atom is -0.272 e. The number of hydrogen-bond donors (Lipinski definition) is 1. The molecule has 0 unspecified atom stereocenters. The van der Waals surface area contributed by atoms with Crippen LogP contribution in [-0.4, -0.2) is 31.4 Å². The Bertz CT molecular complexity index is 1280. The highest BCUT2D eigenvalue weighted by Crippen LogP contribution is 2.20. The molecule has 0 radical (unpaired) electrons. The molecular weight excluding hydrogens is 481 g/mol. The van der Waals surface area contributed by atoms with Crippen LogP contribution in [0.2, 0.25) is 10.0 Å². The van der Waals surface area contributed by atoms with Gasteiger partial charge in [0.25, 0.3) is 5.91 Å². The zero-order valence-electron chi connectivity index (χ0n) is 18.1. The van der Waals surface area contributed by atoms with E-state index in [2.05, 4.69) is 10.5 Å². The summed E-state index contributed by atoms with van der Waals surface area (Å²) in [5, 5.41) is 4.76. The largest absolute Gasteiger partial charge is 0.272 e. The third-order valence-electron chi connectivity index (χ3n) is 4.78. The molecule has 0 aliphatic heterocycles. The molecule has 0 aliphatic carbocycles. The van der Waals surface area contributed by atoms with Gasteiger partial charge in [-0.05, 0) is 43.7 Å². The van der Waals surface area contributed by atoms with Gasteiger partial charge in [-0.1, -0.05) is 76.8 Å². The average Bonchev–Trinajstić information content (AvgIpc) is 2.75. The molecule has 0 spiro atoms. The molecule has 0 fully saturated rings. The number of nitrogens with zero attached hydrogens (tertiary/aromatic N) is 2. The molecule has 0 bridgehead atoms. The van der Waals surface area contributed by atoms with Crippen LogP contribution in [0.5, 0.6) is 0 Å². The number of carbonyl (C=O) groups is 1. The zero-order valence-corrected chi connectivity index (χ0v) is 20.5. The van der Waals surface area contributed by atoms with Crippen molar-refractivity contribution in [2.45, 2.75) is 25.3 Å².